The van der Waals surface area contributed by atoms with E-state index in [1.165, 1.54) is 6.26 Å². The number of sulfone groups is 1. The number of piperazine rings is 1. The molecule has 1 aromatic heterocycles. The minimum absolute atomic E-state index is 0.350. The van der Waals surface area contributed by atoms with Crippen molar-refractivity contribution in [2.24, 2.45) is 4.99 Å². The largest absolute Gasteiger partial charge is 0.364 e. The number of hydrogen-bond acceptors (Lipinski definition) is 6. The highest BCUT2D eigenvalue weighted by atomic mass is 32.2. The lowest BCUT2D eigenvalue weighted by Gasteiger charge is -2.36. The highest BCUT2D eigenvalue weighted by Gasteiger charge is 2.20. The molecule has 0 saturated carbocycles. The Bertz CT molecular complexity index is 871. The number of hydrogen-bond donors (Lipinski definition) is 1. The van der Waals surface area contributed by atoms with E-state index >= 15 is 0 Å². The van der Waals surface area contributed by atoms with Crippen molar-refractivity contribution in [1.82, 2.24) is 20.3 Å². The summed E-state index contributed by atoms with van der Waals surface area (Å²) < 4.78 is 27.9. The number of rotatable bonds is 6. The highest BCUT2D eigenvalue weighted by Crippen LogP contribution is 2.11. The van der Waals surface area contributed by atoms with Gasteiger partial charge in [-0.3, -0.25) is 9.89 Å². The van der Waals surface area contributed by atoms with Crippen LogP contribution in [0, 0.1) is 0 Å². The second-order valence-corrected chi connectivity index (χ2v) is 8.91. The van der Waals surface area contributed by atoms with Gasteiger partial charge in [-0.2, -0.15) is 0 Å². The predicted octanol–water partition coefficient (Wildman–Crippen LogP) is 1.01. The molecule has 8 nitrogen and oxygen atoms in total. The summed E-state index contributed by atoms with van der Waals surface area (Å²) in [5, 5.41) is 7.37. The van der Waals surface area contributed by atoms with Crippen LogP contribution >= 0.6 is 0 Å². The first kappa shape index (κ1) is 20.3. The molecule has 0 spiro atoms. The van der Waals surface area contributed by atoms with E-state index in [0.29, 0.717) is 4.90 Å². The summed E-state index contributed by atoms with van der Waals surface area (Å²) in [6.45, 7) is 5.24. The van der Waals surface area contributed by atoms with E-state index in [0.717, 1.165) is 62.9 Å². The van der Waals surface area contributed by atoms with Gasteiger partial charge in [-0.05, 0) is 24.1 Å². The van der Waals surface area contributed by atoms with Crippen molar-refractivity contribution in [1.29, 1.82) is 0 Å². The summed E-state index contributed by atoms with van der Waals surface area (Å²) in [6, 6.07) is 8.95. The molecule has 0 unspecified atom stereocenters. The van der Waals surface area contributed by atoms with Crippen molar-refractivity contribution in [2.45, 2.75) is 17.9 Å². The summed E-state index contributed by atoms with van der Waals surface area (Å²) in [5.74, 6) is 0.897. The van der Waals surface area contributed by atoms with Gasteiger partial charge < -0.3 is 14.7 Å². The first-order valence-electron chi connectivity index (χ1n) is 9.32. The van der Waals surface area contributed by atoms with E-state index in [1.807, 2.05) is 18.2 Å². The molecule has 1 aliphatic rings. The summed E-state index contributed by atoms with van der Waals surface area (Å²) in [7, 11) is -1.35. The molecule has 0 radical (unpaired) electrons. The van der Waals surface area contributed by atoms with Gasteiger partial charge in [0.05, 0.1) is 10.6 Å². The van der Waals surface area contributed by atoms with E-state index in [9.17, 15) is 8.42 Å². The van der Waals surface area contributed by atoms with Gasteiger partial charge >= 0.3 is 0 Å². The normalized spacial score (nSPS) is 16.4. The summed E-state index contributed by atoms with van der Waals surface area (Å²) in [6.07, 6.45) is 3.63. The molecule has 2 aromatic rings. The molecule has 1 fully saturated rings. The van der Waals surface area contributed by atoms with Gasteiger partial charge in [0, 0.05) is 58.6 Å². The van der Waals surface area contributed by atoms with Gasteiger partial charge in [0.1, 0.15) is 6.26 Å². The van der Waals surface area contributed by atoms with Crippen molar-refractivity contribution < 1.29 is 12.9 Å². The molecular formula is C19H27N5O3S. The Morgan fingerprint density at radius 1 is 1.18 bits per heavy atom. The van der Waals surface area contributed by atoms with Crippen LogP contribution in [0.2, 0.25) is 0 Å². The van der Waals surface area contributed by atoms with Crippen LogP contribution in [-0.4, -0.2) is 75.4 Å². The molecule has 1 aliphatic heterocycles. The molecule has 2 heterocycles. The number of aliphatic imine (C=N–C) groups is 1. The molecule has 3 rings (SSSR count). The van der Waals surface area contributed by atoms with E-state index in [1.54, 1.807) is 25.4 Å². The number of aromatic nitrogens is 1. The summed E-state index contributed by atoms with van der Waals surface area (Å²) in [4.78, 5) is 9.35. The van der Waals surface area contributed by atoms with Crippen LogP contribution in [-0.2, 0) is 22.8 Å². The van der Waals surface area contributed by atoms with Crippen LogP contribution in [0.5, 0.6) is 0 Å². The third-order valence-corrected chi connectivity index (χ3v) is 5.94. The lowest BCUT2D eigenvalue weighted by molar-refractivity contribution is 0.169. The van der Waals surface area contributed by atoms with Crippen molar-refractivity contribution in [2.75, 3.05) is 46.0 Å². The van der Waals surface area contributed by atoms with Crippen LogP contribution < -0.4 is 5.32 Å². The van der Waals surface area contributed by atoms with E-state index < -0.39 is 9.84 Å². The third kappa shape index (κ3) is 5.56. The van der Waals surface area contributed by atoms with E-state index in [4.69, 9.17) is 4.52 Å². The molecule has 0 amide bonds. The fourth-order valence-corrected chi connectivity index (χ4v) is 3.85. The van der Waals surface area contributed by atoms with Crippen LogP contribution in [0.25, 0.3) is 0 Å². The Balaban J connectivity index is 1.44. The number of nitrogens with zero attached hydrogens (tertiary/aromatic N) is 4. The second-order valence-electron chi connectivity index (χ2n) is 6.89. The monoisotopic (exact) mass is 405 g/mol. The Labute approximate surface area is 166 Å². The molecule has 0 aliphatic carbocycles. The molecule has 9 heteroatoms. The van der Waals surface area contributed by atoms with Crippen molar-refractivity contribution >= 4 is 15.8 Å². The number of benzene rings is 1. The van der Waals surface area contributed by atoms with Crippen molar-refractivity contribution in [3.05, 3.63) is 47.9 Å². The average molecular weight is 406 g/mol. The second kappa shape index (κ2) is 9.20. The van der Waals surface area contributed by atoms with Gasteiger partial charge in [-0.1, -0.05) is 17.3 Å². The Morgan fingerprint density at radius 2 is 1.89 bits per heavy atom. The molecule has 1 saturated heterocycles. The Morgan fingerprint density at radius 3 is 2.46 bits per heavy atom. The fraction of sp³-hybridized carbons (Fsp3) is 0.474. The minimum atomic E-state index is -3.15. The van der Waals surface area contributed by atoms with Crippen molar-refractivity contribution in [3.8, 4) is 0 Å². The topological polar surface area (TPSA) is 91.0 Å². The van der Waals surface area contributed by atoms with Gasteiger partial charge in [0.2, 0.25) is 0 Å². The SMILES string of the molecule is CN=C(NCCc1ccc(S(C)(=O)=O)cc1)N1CCN(Cc2ccon2)CC1. The molecule has 1 aromatic carbocycles. The quantitative estimate of drug-likeness (QED) is 0.567. The molecule has 0 bridgehead atoms. The van der Waals surface area contributed by atoms with Gasteiger partial charge in [-0.25, -0.2) is 8.42 Å². The minimum Gasteiger partial charge on any atom is -0.364 e. The molecule has 28 heavy (non-hydrogen) atoms. The maximum absolute atomic E-state index is 11.5. The highest BCUT2D eigenvalue weighted by molar-refractivity contribution is 7.90. The summed E-state index contributed by atoms with van der Waals surface area (Å²) >= 11 is 0. The average Bonchev–Trinajstić information content (AvgIpc) is 3.19. The first-order valence-corrected chi connectivity index (χ1v) is 11.2. The predicted molar refractivity (Wildman–Crippen MR) is 108 cm³/mol. The zero-order valence-corrected chi connectivity index (χ0v) is 17.2. The molecule has 0 atom stereocenters. The van der Waals surface area contributed by atoms with Gasteiger partial charge in [-0.15, -0.1) is 0 Å². The van der Waals surface area contributed by atoms with Gasteiger partial charge in [0.15, 0.2) is 15.8 Å². The van der Waals surface area contributed by atoms with Crippen LogP contribution in [0.15, 0.2) is 51.0 Å². The smallest absolute Gasteiger partial charge is 0.193 e. The number of guanidine groups is 1. The number of nitrogens with one attached hydrogen (secondary N) is 1. The van der Waals surface area contributed by atoms with Crippen LogP contribution in [0.1, 0.15) is 11.3 Å². The zero-order chi connectivity index (χ0) is 20.0. The lowest BCUT2D eigenvalue weighted by Crippen LogP contribution is -2.52. The van der Waals surface area contributed by atoms with Gasteiger partial charge in [0.25, 0.3) is 0 Å². The molecule has 152 valence electrons. The Hall–Kier alpha value is -2.39. The molecule has 1 N–H and O–H groups in total. The summed E-state index contributed by atoms with van der Waals surface area (Å²) in [5.41, 5.74) is 2.05. The maximum atomic E-state index is 11.5. The Kier molecular flexibility index (Phi) is 6.69. The fourth-order valence-electron chi connectivity index (χ4n) is 3.22. The lowest BCUT2D eigenvalue weighted by atomic mass is 10.1. The maximum Gasteiger partial charge on any atom is 0.193 e. The van der Waals surface area contributed by atoms with Crippen LogP contribution in [0.3, 0.4) is 0 Å². The van der Waals surface area contributed by atoms with Crippen LogP contribution in [0.4, 0.5) is 0 Å². The molecular weight excluding hydrogens is 378 g/mol. The first-order chi connectivity index (χ1) is 13.5. The zero-order valence-electron chi connectivity index (χ0n) is 16.3. The van der Waals surface area contributed by atoms with E-state index in [-0.39, 0.29) is 0 Å². The van der Waals surface area contributed by atoms with Crippen molar-refractivity contribution in [3.63, 3.8) is 0 Å². The third-order valence-electron chi connectivity index (χ3n) is 4.81. The standard InChI is InChI=1S/C19H27N5O3S/c1-20-19(21-9-7-16-3-5-18(6-4-16)28(2,25)26)24-12-10-23(11-13-24)15-17-8-14-27-22-17/h3-6,8,14H,7,9-13,15H2,1-2H3,(H,20,21). The van der Waals surface area contributed by atoms with E-state index in [2.05, 4.69) is 25.3 Å².